The number of hydrogen-bond acceptors (Lipinski definition) is 6. The minimum atomic E-state index is -3.99. The Bertz CT molecular complexity index is 2140. The van der Waals surface area contributed by atoms with Crippen molar-refractivity contribution in [3.05, 3.63) is 97.7 Å². The second-order valence-electron chi connectivity index (χ2n) is 13.9. The van der Waals surface area contributed by atoms with Crippen LogP contribution in [-0.2, 0) is 22.7 Å². The van der Waals surface area contributed by atoms with E-state index in [1.807, 2.05) is 20.8 Å². The normalized spacial score (nSPS) is 17.0. The maximum atomic E-state index is 15.5. The van der Waals surface area contributed by atoms with Crippen molar-refractivity contribution in [2.24, 2.45) is 5.92 Å². The van der Waals surface area contributed by atoms with Crippen LogP contribution in [0.4, 0.5) is 22.0 Å². The van der Waals surface area contributed by atoms with Crippen molar-refractivity contribution in [2.75, 3.05) is 6.26 Å². The lowest BCUT2D eigenvalue weighted by molar-refractivity contribution is -0.0384. The number of nitrogens with one attached hydrogen (secondary N) is 1. The van der Waals surface area contributed by atoms with Crippen molar-refractivity contribution in [3.8, 4) is 5.69 Å². The molecule has 1 fully saturated rings. The number of fused-ring (bicyclic) bond motifs is 1. The molecule has 0 spiro atoms. The lowest BCUT2D eigenvalue weighted by Gasteiger charge is -2.29. The molecule has 2 aromatic carbocycles. The highest BCUT2D eigenvalue weighted by atomic mass is 32.2. The number of benzene rings is 2. The molecule has 3 unspecified atom stereocenters. The summed E-state index contributed by atoms with van der Waals surface area (Å²) in [5.41, 5.74) is 1.07. The zero-order valence-electron chi connectivity index (χ0n) is 29.6. The number of hydrogen-bond donors (Lipinski definition) is 1. The minimum absolute atomic E-state index is 0.00985. The standard InChI is InChI=1S/C38H43F5N4O3S/c1-7-20(3)28(17-23-15-26(40)18-27(41)16-23)36-46-35-33(29(22(5)39)19-30(45-35)25-11-13-38(42,43)14-12-25)37(48)47(36)31-10-9-24(8-2)32(21(31)4)34(44)51(6,49)50/h9-10,15-16,18-20,22,25,28,44H,7-8,11-14,17H2,1-6H3. The predicted octanol–water partition coefficient (Wildman–Crippen LogP) is 9.00. The fourth-order valence-corrected chi connectivity index (χ4v) is 7.85. The van der Waals surface area contributed by atoms with E-state index in [2.05, 4.69) is 0 Å². The van der Waals surface area contributed by atoms with Crippen LogP contribution in [0.3, 0.4) is 0 Å². The molecule has 0 bridgehead atoms. The van der Waals surface area contributed by atoms with Crippen molar-refractivity contribution < 1.29 is 30.4 Å². The van der Waals surface area contributed by atoms with Gasteiger partial charge < -0.3 is 0 Å². The molecule has 1 N–H and O–H groups in total. The van der Waals surface area contributed by atoms with E-state index in [0.717, 1.165) is 12.3 Å². The van der Waals surface area contributed by atoms with Gasteiger partial charge in [-0.2, -0.15) is 0 Å². The third-order valence-electron chi connectivity index (χ3n) is 10.3. The molecule has 0 amide bonds. The molecule has 1 aliphatic rings. The summed E-state index contributed by atoms with van der Waals surface area (Å²) in [6.45, 7) is 8.49. The van der Waals surface area contributed by atoms with E-state index in [-0.39, 0.29) is 71.7 Å². The first-order chi connectivity index (χ1) is 23.9. The topological polar surface area (TPSA) is 106 Å². The molecule has 0 saturated heterocycles. The van der Waals surface area contributed by atoms with E-state index in [1.165, 1.54) is 29.7 Å². The molecule has 3 atom stereocenters. The molecule has 1 saturated carbocycles. The highest BCUT2D eigenvalue weighted by molar-refractivity contribution is 8.06. The summed E-state index contributed by atoms with van der Waals surface area (Å²) in [7, 11) is -3.99. The number of sulfone groups is 1. The Morgan fingerprint density at radius 1 is 1.04 bits per heavy atom. The number of aryl methyl sites for hydroxylation is 1. The van der Waals surface area contributed by atoms with Gasteiger partial charge in [0.2, 0.25) is 5.92 Å². The summed E-state index contributed by atoms with van der Waals surface area (Å²) in [6, 6.07) is 7.88. The second-order valence-corrected chi connectivity index (χ2v) is 15.8. The number of nitrogens with zero attached hydrogens (tertiary/aromatic N) is 3. The van der Waals surface area contributed by atoms with Crippen molar-refractivity contribution in [1.29, 1.82) is 5.41 Å². The Balaban J connectivity index is 1.89. The van der Waals surface area contributed by atoms with Crippen LogP contribution in [0.15, 0.2) is 41.2 Å². The summed E-state index contributed by atoms with van der Waals surface area (Å²) in [5.74, 6) is -5.53. The molecule has 51 heavy (non-hydrogen) atoms. The molecule has 13 heteroatoms. The summed E-state index contributed by atoms with van der Waals surface area (Å²) in [5, 5.41) is 7.85. The van der Waals surface area contributed by atoms with Gasteiger partial charge in [-0.05, 0) is 86.4 Å². The Hall–Kier alpha value is -4.00. The van der Waals surface area contributed by atoms with Gasteiger partial charge in [-0.3, -0.25) is 14.8 Å². The van der Waals surface area contributed by atoms with Crippen LogP contribution in [0.25, 0.3) is 16.7 Å². The average Bonchev–Trinajstić information content (AvgIpc) is 3.05. The maximum absolute atomic E-state index is 15.5. The Morgan fingerprint density at radius 3 is 2.22 bits per heavy atom. The molecule has 0 radical (unpaired) electrons. The number of halogens is 5. The van der Waals surface area contributed by atoms with Crippen LogP contribution in [0.5, 0.6) is 0 Å². The van der Waals surface area contributed by atoms with Gasteiger partial charge in [0.25, 0.3) is 5.56 Å². The minimum Gasteiger partial charge on any atom is -0.289 e. The number of aromatic nitrogens is 3. The third-order valence-corrected chi connectivity index (χ3v) is 11.2. The average molecular weight is 731 g/mol. The SMILES string of the molecule is CCc1ccc(-n2c(C(Cc3cc(F)cc(F)c3)C(C)CC)nc3nc(C4CCC(F)(F)CC4)cc(C(C)F)c3c2=O)c(C)c1C(=N)S(C)(=O)=O. The van der Waals surface area contributed by atoms with Crippen LogP contribution in [0.2, 0.25) is 0 Å². The van der Waals surface area contributed by atoms with Crippen LogP contribution in [-0.4, -0.2) is 40.2 Å². The molecule has 7 nitrogen and oxygen atoms in total. The quantitative estimate of drug-likeness (QED) is 0.0997. The van der Waals surface area contributed by atoms with Crippen molar-refractivity contribution in [2.45, 2.75) is 103 Å². The van der Waals surface area contributed by atoms with Gasteiger partial charge in [0.05, 0.1) is 11.1 Å². The van der Waals surface area contributed by atoms with Crippen LogP contribution in [0.1, 0.15) is 117 Å². The first-order valence-corrected chi connectivity index (χ1v) is 19.1. The zero-order valence-corrected chi connectivity index (χ0v) is 30.4. The largest absolute Gasteiger partial charge is 0.289 e. The molecule has 274 valence electrons. The van der Waals surface area contributed by atoms with Gasteiger partial charge in [-0.25, -0.2) is 40.3 Å². The van der Waals surface area contributed by atoms with E-state index in [4.69, 9.17) is 15.4 Å². The van der Waals surface area contributed by atoms with Gasteiger partial charge in [0.1, 0.15) is 23.6 Å². The Labute approximate surface area is 294 Å². The van der Waals surface area contributed by atoms with Crippen molar-refractivity contribution in [3.63, 3.8) is 0 Å². The summed E-state index contributed by atoms with van der Waals surface area (Å²) < 4.78 is 99.2. The highest BCUT2D eigenvalue weighted by Gasteiger charge is 2.37. The zero-order chi connectivity index (χ0) is 37.6. The smallest absolute Gasteiger partial charge is 0.268 e. The summed E-state index contributed by atoms with van der Waals surface area (Å²) >= 11 is 0. The Kier molecular flexibility index (Phi) is 10.9. The fourth-order valence-electron chi connectivity index (χ4n) is 7.20. The molecule has 4 aromatic rings. The molecule has 1 aliphatic carbocycles. The predicted molar refractivity (Wildman–Crippen MR) is 189 cm³/mol. The first kappa shape index (κ1) is 38.2. The van der Waals surface area contributed by atoms with Crippen molar-refractivity contribution in [1.82, 2.24) is 14.5 Å². The van der Waals surface area contributed by atoms with Gasteiger partial charge in [-0.15, -0.1) is 0 Å². The van der Waals surface area contributed by atoms with E-state index in [9.17, 15) is 30.8 Å². The van der Waals surface area contributed by atoms with E-state index < -0.39 is 56.0 Å². The number of rotatable bonds is 10. The molecule has 2 heterocycles. The van der Waals surface area contributed by atoms with E-state index in [0.29, 0.717) is 35.2 Å². The lowest BCUT2D eigenvalue weighted by Crippen LogP contribution is -2.31. The van der Waals surface area contributed by atoms with Gasteiger partial charge in [0.15, 0.2) is 20.5 Å². The van der Waals surface area contributed by atoms with Crippen LogP contribution >= 0.6 is 0 Å². The lowest BCUT2D eigenvalue weighted by atomic mass is 9.83. The molecule has 0 aliphatic heterocycles. The summed E-state index contributed by atoms with van der Waals surface area (Å²) in [4.78, 5) is 24.6. The van der Waals surface area contributed by atoms with Crippen molar-refractivity contribution >= 4 is 25.9 Å². The van der Waals surface area contributed by atoms with E-state index in [1.54, 1.807) is 19.1 Å². The maximum Gasteiger partial charge on any atom is 0.268 e. The Morgan fingerprint density at radius 2 is 1.67 bits per heavy atom. The molecular formula is C38H43F5N4O3S. The first-order valence-electron chi connectivity index (χ1n) is 17.2. The molecule has 5 rings (SSSR count). The number of alkyl halides is 3. The molecular weight excluding hydrogens is 688 g/mol. The monoisotopic (exact) mass is 730 g/mol. The van der Waals surface area contributed by atoms with Gasteiger partial charge >= 0.3 is 0 Å². The van der Waals surface area contributed by atoms with E-state index >= 15 is 4.39 Å². The van der Waals surface area contributed by atoms with Gasteiger partial charge in [-0.1, -0.05) is 33.3 Å². The van der Waals surface area contributed by atoms with Crippen LogP contribution < -0.4 is 5.56 Å². The highest BCUT2D eigenvalue weighted by Crippen LogP contribution is 2.42. The molecule has 2 aromatic heterocycles. The third kappa shape index (κ3) is 7.78. The van der Waals surface area contributed by atoms with Gasteiger partial charge in [0, 0.05) is 53.8 Å². The second kappa shape index (κ2) is 14.6. The summed E-state index contributed by atoms with van der Waals surface area (Å²) in [6.07, 6.45) is -0.218. The fraction of sp³-hybridized carbons (Fsp3) is 0.474. The number of pyridine rings is 1. The van der Waals surface area contributed by atoms with Crippen LogP contribution in [0, 0.1) is 29.9 Å².